The minimum absolute atomic E-state index is 0.247. The molecule has 0 unspecified atom stereocenters. The van der Waals surface area contributed by atoms with Crippen LogP contribution in [0, 0.1) is 0 Å². The highest BCUT2D eigenvalue weighted by atomic mass is 79.9. The Bertz CT molecular complexity index is 773. The van der Waals surface area contributed by atoms with Crippen LogP contribution in [0.5, 0.6) is 5.75 Å². The molecule has 5 nitrogen and oxygen atoms in total. The molecule has 2 heterocycles. The van der Waals surface area contributed by atoms with Gasteiger partial charge >= 0.3 is 0 Å². The fourth-order valence-electron chi connectivity index (χ4n) is 3.23. The minimum Gasteiger partial charge on any atom is -0.493 e. The fourth-order valence-corrected chi connectivity index (χ4v) is 3.82. The van der Waals surface area contributed by atoms with Crippen molar-refractivity contribution in [2.24, 2.45) is 0 Å². The lowest BCUT2D eigenvalue weighted by Gasteiger charge is -2.21. The Morgan fingerprint density at radius 2 is 2.24 bits per heavy atom. The molecule has 1 atom stereocenters. The molecule has 1 aliphatic rings. The number of nitrogens with one attached hydrogen (secondary N) is 1. The van der Waals surface area contributed by atoms with E-state index in [1.54, 1.807) is 12.3 Å². The fraction of sp³-hybridized carbons (Fsp3) is 0.444. The SMILES string of the molecule is [B]c1cc(-c2cn[nH]c(=O)c2)cc(Br)c1OCCCN1CCC[C@H]1C. The summed E-state index contributed by atoms with van der Waals surface area (Å²) >= 11 is 3.52. The number of rotatable bonds is 6. The first-order valence-electron chi connectivity index (χ1n) is 8.55. The minimum atomic E-state index is -0.247. The smallest absolute Gasteiger partial charge is 0.264 e. The van der Waals surface area contributed by atoms with Gasteiger partial charge in [-0.15, -0.1) is 0 Å². The Morgan fingerprint density at radius 3 is 2.92 bits per heavy atom. The van der Waals surface area contributed by atoms with Crippen LogP contribution in [0.2, 0.25) is 0 Å². The van der Waals surface area contributed by atoms with E-state index < -0.39 is 0 Å². The summed E-state index contributed by atoms with van der Waals surface area (Å²) in [6.45, 7) is 5.14. The highest BCUT2D eigenvalue weighted by Gasteiger charge is 2.19. The lowest BCUT2D eigenvalue weighted by atomic mass is 9.91. The predicted octanol–water partition coefficient (Wildman–Crippen LogP) is 2.25. The zero-order valence-electron chi connectivity index (χ0n) is 14.3. The average Bonchev–Trinajstić information content (AvgIpc) is 2.98. The molecular formula is C18H21BBrN3O2. The number of ether oxygens (including phenoxy) is 1. The van der Waals surface area contributed by atoms with Gasteiger partial charge in [-0.25, -0.2) is 5.10 Å². The predicted molar refractivity (Wildman–Crippen MR) is 104 cm³/mol. The maximum absolute atomic E-state index is 11.4. The number of aromatic nitrogens is 2. The Labute approximate surface area is 157 Å². The van der Waals surface area contributed by atoms with Gasteiger partial charge in [-0.2, -0.15) is 5.10 Å². The van der Waals surface area contributed by atoms with Gasteiger partial charge in [0, 0.05) is 24.2 Å². The summed E-state index contributed by atoms with van der Waals surface area (Å²) in [5.74, 6) is 0.649. The first-order chi connectivity index (χ1) is 12.0. The van der Waals surface area contributed by atoms with Crippen LogP contribution in [0.15, 0.2) is 33.7 Å². The van der Waals surface area contributed by atoms with Gasteiger partial charge in [0.05, 0.1) is 17.3 Å². The summed E-state index contributed by atoms with van der Waals surface area (Å²) in [7, 11) is 6.15. The molecular weight excluding hydrogens is 381 g/mol. The third kappa shape index (κ3) is 4.52. The molecule has 1 aromatic carbocycles. The van der Waals surface area contributed by atoms with Crippen molar-refractivity contribution in [3.63, 3.8) is 0 Å². The zero-order valence-corrected chi connectivity index (χ0v) is 15.9. The van der Waals surface area contributed by atoms with Gasteiger partial charge in [0.15, 0.2) is 0 Å². The van der Waals surface area contributed by atoms with Crippen LogP contribution >= 0.6 is 15.9 Å². The van der Waals surface area contributed by atoms with E-state index in [2.05, 4.69) is 38.0 Å². The molecule has 1 aromatic heterocycles. The summed E-state index contributed by atoms with van der Waals surface area (Å²) < 4.78 is 6.67. The van der Waals surface area contributed by atoms with Crippen LogP contribution in [0.3, 0.4) is 0 Å². The Kier molecular flexibility index (Phi) is 5.96. The molecule has 25 heavy (non-hydrogen) atoms. The quantitative estimate of drug-likeness (QED) is 0.595. The van der Waals surface area contributed by atoms with E-state index in [9.17, 15) is 4.79 Å². The molecule has 1 fully saturated rings. The Morgan fingerprint density at radius 1 is 1.40 bits per heavy atom. The molecule has 1 aliphatic heterocycles. The van der Waals surface area contributed by atoms with E-state index in [-0.39, 0.29) is 5.56 Å². The van der Waals surface area contributed by atoms with E-state index in [4.69, 9.17) is 12.6 Å². The highest BCUT2D eigenvalue weighted by Crippen LogP contribution is 2.28. The van der Waals surface area contributed by atoms with Gasteiger partial charge in [-0.05, 0) is 60.3 Å². The molecule has 0 bridgehead atoms. The van der Waals surface area contributed by atoms with Gasteiger partial charge in [0.25, 0.3) is 5.56 Å². The molecule has 0 saturated carbocycles. The van der Waals surface area contributed by atoms with Crippen molar-refractivity contribution in [1.29, 1.82) is 0 Å². The molecule has 0 amide bonds. The number of aromatic amines is 1. The van der Waals surface area contributed by atoms with Crippen LogP contribution in [-0.4, -0.2) is 48.7 Å². The monoisotopic (exact) mass is 401 g/mol. The molecule has 1 N–H and O–H groups in total. The van der Waals surface area contributed by atoms with E-state index in [1.165, 1.54) is 25.5 Å². The van der Waals surface area contributed by atoms with Crippen molar-refractivity contribution in [3.8, 4) is 16.9 Å². The summed E-state index contributed by atoms with van der Waals surface area (Å²) in [4.78, 5) is 13.9. The molecule has 3 rings (SSSR count). The number of nitrogens with zero attached hydrogens (tertiary/aromatic N) is 2. The number of H-pyrrole nitrogens is 1. The van der Waals surface area contributed by atoms with Crippen molar-refractivity contribution in [3.05, 3.63) is 39.2 Å². The van der Waals surface area contributed by atoms with E-state index >= 15 is 0 Å². The van der Waals surface area contributed by atoms with Crippen molar-refractivity contribution in [2.75, 3.05) is 19.7 Å². The topological polar surface area (TPSA) is 58.2 Å². The number of halogens is 1. The second kappa shape index (κ2) is 8.19. The third-order valence-corrected chi connectivity index (χ3v) is 5.19. The van der Waals surface area contributed by atoms with Crippen molar-refractivity contribution in [1.82, 2.24) is 15.1 Å². The first kappa shape index (κ1) is 18.2. The maximum atomic E-state index is 11.4. The lowest BCUT2D eigenvalue weighted by Crippen LogP contribution is -2.29. The van der Waals surface area contributed by atoms with Crippen molar-refractivity contribution >= 4 is 29.2 Å². The van der Waals surface area contributed by atoms with Crippen LogP contribution < -0.4 is 15.8 Å². The second-order valence-corrected chi connectivity index (χ2v) is 7.29. The van der Waals surface area contributed by atoms with Crippen LogP contribution in [0.1, 0.15) is 26.2 Å². The molecule has 1 saturated heterocycles. The second-order valence-electron chi connectivity index (χ2n) is 6.44. The van der Waals surface area contributed by atoms with Crippen LogP contribution in [0.4, 0.5) is 0 Å². The number of hydrogen-bond donors (Lipinski definition) is 1. The van der Waals surface area contributed by atoms with Gasteiger partial charge in [0.1, 0.15) is 13.6 Å². The number of likely N-dealkylation sites (tertiary alicyclic amines) is 1. The number of hydrogen-bond acceptors (Lipinski definition) is 4. The first-order valence-corrected chi connectivity index (χ1v) is 9.35. The van der Waals surface area contributed by atoms with Crippen molar-refractivity contribution < 1.29 is 4.74 Å². The molecule has 0 spiro atoms. The van der Waals surface area contributed by atoms with Crippen LogP contribution in [0.25, 0.3) is 11.1 Å². The third-order valence-electron chi connectivity index (χ3n) is 4.60. The standard InChI is InChI=1S/C18H21BBrN3O2/c1-12-4-2-5-23(12)6-3-7-25-18-15(19)8-13(9-16(18)20)14-10-17(24)22-21-11-14/h8-12H,2-7H2,1H3,(H,22,24)/t12-/m1/s1. The van der Waals surface area contributed by atoms with Gasteiger partial charge < -0.3 is 9.64 Å². The van der Waals surface area contributed by atoms with Gasteiger partial charge in [-0.1, -0.05) is 11.5 Å². The normalized spacial score (nSPS) is 17.8. The van der Waals surface area contributed by atoms with Crippen LogP contribution in [-0.2, 0) is 0 Å². The Hall–Kier alpha value is -1.60. The van der Waals surface area contributed by atoms with Crippen molar-refractivity contribution in [2.45, 2.75) is 32.2 Å². The molecule has 7 heteroatoms. The summed E-state index contributed by atoms with van der Waals surface area (Å²) in [5.41, 5.74) is 1.83. The number of benzene rings is 1. The van der Waals surface area contributed by atoms with E-state index in [0.29, 0.717) is 29.4 Å². The summed E-state index contributed by atoms with van der Waals surface area (Å²) in [5, 5.41) is 6.18. The molecule has 2 radical (unpaired) electrons. The summed E-state index contributed by atoms with van der Waals surface area (Å²) in [6.07, 6.45) is 5.15. The molecule has 0 aliphatic carbocycles. The molecule has 130 valence electrons. The summed E-state index contributed by atoms with van der Waals surface area (Å²) in [6, 6.07) is 5.87. The Balaban J connectivity index is 1.63. The average molecular weight is 402 g/mol. The zero-order chi connectivity index (χ0) is 17.8. The van der Waals surface area contributed by atoms with Gasteiger partial charge in [0.2, 0.25) is 0 Å². The molecule has 2 aromatic rings. The largest absolute Gasteiger partial charge is 0.493 e. The maximum Gasteiger partial charge on any atom is 0.264 e. The van der Waals surface area contributed by atoms with E-state index in [1.807, 2.05) is 6.07 Å². The highest BCUT2D eigenvalue weighted by molar-refractivity contribution is 9.10. The van der Waals surface area contributed by atoms with E-state index in [0.717, 1.165) is 23.0 Å². The lowest BCUT2D eigenvalue weighted by molar-refractivity contribution is 0.230. The van der Waals surface area contributed by atoms with Gasteiger partial charge in [-0.3, -0.25) is 4.79 Å².